The van der Waals surface area contributed by atoms with Gasteiger partial charge in [-0.15, -0.1) is 0 Å². The van der Waals surface area contributed by atoms with Gasteiger partial charge in [0.15, 0.2) is 0 Å². The van der Waals surface area contributed by atoms with E-state index >= 15 is 0 Å². The summed E-state index contributed by atoms with van der Waals surface area (Å²) in [6.07, 6.45) is 7.03. The molecular formula is C11H18O2. The van der Waals surface area contributed by atoms with Crippen molar-refractivity contribution in [2.75, 3.05) is 6.61 Å². The van der Waals surface area contributed by atoms with Crippen molar-refractivity contribution in [1.82, 2.24) is 0 Å². The van der Waals surface area contributed by atoms with E-state index in [1.165, 1.54) is 25.7 Å². The summed E-state index contributed by atoms with van der Waals surface area (Å²) in [6.45, 7) is 0.786. The van der Waals surface area contributed by atoms with Crippen LogP contribution in [0.3, 0.4) is 0 Å². The maximum atomic E-state index is 9.72. The standard InChI is InChI=1S/C11H18O2/c12-10-5-6-13-11(7-10,8-1-2-8)9-3-4-9/h8-10,12H,1-7H2. The first kappa shape index (κ1) is 8.25. The van der Waals surface area contributed by atoms with Crippen molar-refractivity contribution in [2.24, 2.45) is 11.8 Å². The minimum Gasteiger partial charge on any atom is -0.393 e. The van der Waals surface area contributed by atoms with Gasteiger partial charge >= 0.3 is 0 Å². The molecule has 3 fully saturated rings. The van der Waals surface area contributed by atoms with Crippen LogP contribution in [0.5, 0.6) is 0 Å². The van der Waals surface area contributed by atoms with Gasteiger partial charge < -0.3 is 9.84 Å². The van der Waals surface area contributed by atoms with Gasteiger partial charge in [-0.1, -0.05) is 0 Å². The highest BCUT2D eigenvalue weighted by Gasteiger charge is 2.56. The van der Waals surface area contributed by atoms with E-state index in [-0.39, 0.29) is 11.7 Å². The van der Waals surface area contributed by atoms with Gasteiger partial charge in [-0.25, -0.2) is 0 Å². The molecule has 13 heavy (non-hydrogen) atoms. The molecule has 3 rings (SSSR count). The number of aliphatic hydroxyl groups excluding tert-OH is 1. The van der Waals surface area contributed by atoms with E-state index in [2.05, 4.69) is 0 Å². The lowest BCUT2D eigenvalue weighted by Crippen LogP contribution is -2.45. The lowest BCUT2D eigenvalue weighted by Gasteiger charge is -2.40. The van der Waals surface area contributed by atoms with Crippen LogP contribution in [0, 0.1) is 11.8 Å². The van der Waals surface area contributed by atoms with Crippen molar-refractivity contribution >= 4 is 0 Å². The van der Waals surface area contributed by atoms with Crippen LogP contribution >= 0.6 is 0 Å². The van der Waals surface area contributed by atoms with Crippen LogP contribution in [0.4, 0.5) is 0 Å². The first-order chi connectivity index (χ1) is 6.31. The zero-order valence-electron chi connectivity index (χ0n) is 8.04. The Hall–Kier alpha value is -0.0800. The van der Waals surface area contributed by atoms with E-state index in [4.69, 9.17) is 4.74 Å². The fourth-order valence-corrected chi connectivity index (χ4v) is 2.96. The maximum Gasteiger partial charge on any atom is 0.0763 e. The van der Waals surface area contributed by atoms with Crippen molar-refractivity contribution in [3.63, 3.8) is 0 Å². The fourth-order valence-electron chi connectivity index (χ4n) is 2.96. The Morgan fingerprint density at radius 1 is 1.00 bits per heavy atom. The second-order valence-corrected chi connectivity index (χ2v) is 5.00. The molecule has 2 heteroatoms. The molecule has 2 nitrogen and oxygen atoms in total. The Morgan fingerprint density at radius 2 is 1.62 bits per heavy atom. The van der Waals surface area contributed by atoms with E-state index in [9.17, 15) is 5.11 Å². The quantitative estimate of drug-likeness (QED) is 0.704. The number of hydrogen-bond donors (Lipinski definition) is 1. The first-order valence-corrected chi connectivity index (χ1v) is 5.63. The first-order valence-electron chi connectivity index (χ1n) is 5.63. The molecule has 1 saturated heterocycles. The normalized spacial score (nSPS) is 39.0. The molecule has 1 heterocycles. The van der Waals surface area contributed by atoms with E-state index in [1.807, 2.05) is 0 Å². The van der Waals surface area contributed by atoms with Crippen molar-refractivity contribution in [3.05, 3.63) is 0 Å². The largest absolute Gasteiger partial charge is 0.393 e. The molecule has 0 radical (unpaired) electrons. The summed E-state index contributed by atoms with van der Waals surface area (Å²) in [6, 6.07) is 0. The molecule has 2 saturated carbocycles. The van der Waals surface area contributed by atoms with Crippen molar-refractivity contribution in [3.8, 4) is 0 Å². The highest BCUT2D eigenvalue weighted by Crippen LogP contribution is 2.57. The molecule has 0 aromatic heterocycles. The van der Waals surface area contributed by atoms with E-state index in [0.717, 1.165) is 31.3 Å². The average molecular weight is 182 g/mol. The Kier molecular flexibility index (Phi) is 1.72. The van der Waals surface area contributed by atoms with Crippen LogP contribution in [0.2, 0.25) is 0 Å². The molecular weight excluding hydrogens is 164 g/mol. The Morgan fingerprint density at radius 3 is 2.08 bits per heavy atom. The van der Waals surface area contributed by atoms with Crippen molar-refractivity contribution in [2.45, 2.75) is 50.2 Å². The highest BCUT2D eigenvalue weighted by atomic mass is 16.5. The lowest BCUT2D eigenvalue weighted by molar-refractivity contribution is -0.143. The van der Waals surface area contributed by atoms with Crippen molar-refractivity contribution in [1.29, 1.82) is 0 Å². The van der Waals surface area contributed by atoms with Gasteiger partial charge in [0.2, 0.25) is 0 Å². The van der Waals surface area contributed by atoms with E-state index in [0.29, 0.717) is 0 Å². The van der Waals surface area contributed by atoms with Gasteiger partial charge in [0.25, 0.3) is 0 Å². The number of ether oxygens (including phenoxy) is 1. The smallest absolute Gasteiger partial charge is 0.0763 e. The van der Waals surface area contributed by atoms with Gasteiger partial charge in [-0.3, -0.25) is 0 Å². The van der Waals surface area contributed by atoms with Gasteiger partial charge in [0.1, 0.15) is 0 Å². The minimum absolute atomic E-state index is 0.0880. The monoisotopic (exact) mass is 182 g/mol. The molecule has 0 bridgehead atoms. The predicted octanol–water partition coefficient (Wildman–Crippen LogP) is 1.72. The van der Waals surface area contributed by atoms with Gasteiger partial charge in [-0.05, 0) is 43.9 Å². The zero-order chi connectivity index (χ0) is 8.89. The summed E-state index contributed by atoms with van der Waals surface area (Å²) in [5, 5.41) is 9.72. The third kappa shape index (κ3) is 1.31. The minimum atomic E-state index is -0.0880. The van der Waals surface area contributed by atoms with Crippen LogP contribution in [0.25, 0.3) is 0 Å². The molecule has 1 atom stereocenters. The third-order valence-electron chi connectivity index (χ3n) is 3.91. The number of hydrogen-bond acceptors (Lipinski definition) is 2. The summed E-state index contributed by atoms with van der Waals surface area (Å²) in [5.74, 6) is 1.57. The topological polar surface area (TPSA) is 29.5 Å². The van der Waals surface area contributed by atoms with Crippen molar-refractivity contribution < 1.29 is 9.84 Å². The van der Waals surface area contributed by atoms with Crippen LogP contribution in [-0.4, -0.2) is 23.4 Å². The molecule has 74 valence electrons. The Balaban J connectivity index is 1.79. The fraction of sp³-hybridized carbons (Fsp3) is 1.00. The molecule has 0 aromatic rings. The maximum absolute atomic E-state index is 9.72. The van der Waals surface area contributed by atoms with Crippen LogP contribution in [-0.2, 0) is 4.74 Å². The van der Waals surface area contributed by atoms with Crippen LogP contribution in [0.15, 0.2) is 0 Å². The van der Waals surface area contributed by atoms with Crippen LogP contribution in [0.1, 0.15) is 38.5 Å². The molecule has 1 aliphatic heterocycles. The summed E-state index contributed by atoms with van der Waals surface area (Å²) in [4.78, 5) is 0. The Bertz CT molecular complexity index is 194. The summed E-state index contributed by atoms with van der Waals surface area (Å²) in [5.41, 5.74) is 0.123. The SMILES string of the molecule is OC1CCOC(C2CC2)(C2CC2)C1. The van der Waals surface area contributed by atoms with Crippen LogP contribution < -0.4 is 0 Å². The molecule has 3 aliphatic rings. The predicted molar refractivity (Wildman–Crippen MR) is 49.4 cm³/mol. The second kappa shape index (κ2) is 2.71. The van der Waals surface area contributed by atoms with E-state index < -0.39 is 0 Å². The second-order valence-electron chi connectivity index (χ2n) is 5.00. The lowest BCUT2D eigenvalue weighted by atomic mass is 9.83. The molecule has 1 N–H and O–H groups in total. The number of aliphatic hydroxyl groups is 1. The summed E-state index contributed by atoms with van der Waals surface area (Å²) < 4.78 is 6.02. The van der Waals surface area contributed by atoms with Gasteiger partial charge in [0, 0.05) is 13.0 Å². The summed E-state index contributed by atoms with van der Waals surface area (Å²) in [7, 11) is 0. The van der Waals surface area contributed by atoms with Gasteiger partial charge in [-0.2, -0.15) is 0 Å². The molecule has 0 aromatic carbocycles. The highest BCUT2D eigenvalue weighted by molar-refractivity contribution is 5.07. The summed E-state index contributed by atoms with van der Waals surface area (Å²) >= 11 is 0. The molecule has 1 unspecified atom stereocenters. The molecule has 0 amide bonds. The molecule has 2 aliphatic carbocycles. The van der Waals surface area contributed by atoms with E-state index in [1.54, 1.807) is 0 Å². The average Bonchev–Trinajstić information content (AvgIpc) is 2.98. The molecule has 0 spiro atoms. The third-order valence-corrected chi connectivity index (χ3v) is 3.91. The zero-order valence-corrected chi connectivity index (χ0v) is 8.04. The number of rotatable bonds is 2. The Labute approximate surface area is 79.3 Å². The van der Waals surface area contributed by atoms with Gasteiger partial charge in [0.05, 0.1) is 11.7 Å².